The van der Waals surface area contributed by atoms with E-state index in [4.69, 9.17) is 4.74 Å². The first-order valence-corrected chi connectivity index (χ1v) is 8.14. The Bertz CT molecular complexity index is 683. The normalized spacial score (nSPS) is 19.0. The molecule has 0 spiro atoms. The van der Waals surface area contributed by atoms with Gasteiger partial charge in [-0.1, -0.05) is 0 Å². The molecule has 0 N–H and O–H groups in total. The molecule has 0 unspecified atom stereocenters. The second-order valence-electron chi connectivity index (χ2n) is 5.12. The van der Waals surface area contributed by atoms with Gasteiger partial charge in [0.2, 0.25) is 5.91 Å². The summed E-state index contributed by atoms with van der Waals surface area (Å²) in [6, 6.07) is 4.41. The summed E-state index contributed by atoms with van der Waals surface area (Å²) >= 11 is 0. The van der Waals surface area contributed by atoms with E-state index >= 15 is 0 Å². The number of carbonyl (C=O) groups excluding carboxylic acids is 1. The first-order valence-electron chi connectivity index (χ1n) is 6.70. The largest absolute Gasteiger partial charge is 0.355 e. The molecule has 1 aliphatic rings. The summed E-state index contributed by atoms with van der Waals surface area (Å²) < 4.78 is 31.4. The van der Waals surface area contributed by atoms with E-state index in [-0.39, 0.29) is 23.1 Å². The van der Waals surface area contributed by atoms with Crippen LogP contribution in [-0.2, 0) is 19.6 Å². The Hall–Kier alpha value is -2.00. The van der Waals surface area contributed by atoms with E-state index in [0.29, 0.717) is 6.42 Å². The summed E-state index contributed by atoms with van der Waals surface area (Å²) in [6.45, 7) is 3.50. The molecule has 2 rings (SSSR count). The summed E-state index contributed by atoms with van der Waals surface area (Å²) in [5.41, 5.74) is -0.221. The third kappa shape index (κ3) is 3.09. The molecule has 8 nitrogen and oxygen atoms in total. The van der Waals surface area contributed by atoms with Crippen LogP contribution in [-0.4, -0.2) is 35.9 Å². The van der Waals surface area contributed by atoms with Gasteiger partial charge in [-0.05, 0) is 26.0 Å². The predicted molar refractivity (Wildman–Crippen MR) is 76.4 cm³/mol. The Morgan fingerprint density at radius 1 is 1.32 bits per heavy atom. The Morgan fingerprint density at radius 3 is 2.41 bits per heavy atom. The summed E-state index contributed by atoms with van der Waals surface area (Å²) in [7, 11) is -4.09. The van der Waals surface area contributed by atoms with Gasteiger partial charge in [-0.3, -0.25) is 14.9 Å². The average molecular weight is 328 g/mol. The van der Waals surface area contributed by atoms with Gasteiger partial charge in [0.1, 0.15) is 6.23 Å². The molecule has 1 saturated heterocycles. The highest BCUT2D eigenvalue weighted by molar-refractivity contribution is 7.89. The first-order chi connectivity index (χ1) is 10.2. The monoisotopic (exact) mass is 328 g/mol. The van der Waals surface area contributed by atoms with Crippen molar-refractivity contribution in [3.63, 3.8) is 0 Å². The van der Waals surface area contributed by atoms with Crippen LogP contribution in [0.25, 0.3) is 0 Å². The van der Waals surface area contributed by atoms with Crippen LogP contribution in [0.15, 0.2) is 29.2 Å². The number of nitro groups is 1. The van der Waals surface area contributed by atoms with Crippen molar-refractivity contribution in [1.29, 1.82) is 0 Å². The maximum Gasteiger partial charge on any atom is 0.269 e. The smallest absolute Gasteiger partial charge is 0.269 e. The Balaban J connectivity index is 2.35. The number of hydrogen-bond donors (Lipinski definition) is 0. The molecule has 0 aliphatic carbocycles. The minimum Gasteiger partial charge on any atom is -0.355 e. The molecule has 0 radical (unpaired) electrons. The van der Waals surface area contributed by atoms with Gasteiger partial charge in [0.25, 0.3) is 15.7 Å². The van der Waals surface area contributed by atoms with E-state index in [1.165, 1.54) is 0 Å². The summed E-state index contributed by atoms with van der Waals surface area (Å²) in [5, 5.41) is 10.6. The fourth-order valence-corrected chi connectivity index (χ4v) is 3.75. The zero-order valence-electron chi connectivity index (χ0n) is 12.1. The van der Waals surface area contributed by atoms with Crippen molar-refractivity contribution in [3.8, 4) is 0 Å². The molecule has 1 aromatic carbocycles. The minimum absolute atomic E-state index is 0.0869. The zero-order valence-corrected chi connectivity index (χ0v) is 12.9. The highest BCUT2D eigenvalue weighted by Crippen LogP contribution is 2.29. The third-order valence-electron chi connectivity index (χ3n) is 3.15. The number of rotatable bonds is 5. The van der Waals surface area contributed by atoms with Gasteiger partial charge in [0, 0.05) is 25.0 Å². The lowest BCUT2D eigenvalue weighted by Crippen LogP contribution is -2.41. The topological polar surface area (TPSA) is 107 Å². The van der Waals surface area contributed by atoms with Crippen molar-refractivity contribution >= 4 is 21.6 Å². The number of nitro benzene ring substituents is 1. The molecule has 1 amide bonds. The van der Waals surface area contributed by atoms with Gasteiger partial charge in [0.15, 0.2) is 0 Å². The van der Waals surface area contributed by atoms with Crippen LogP contribution in [0.2, 0.25) is 0 Å². The highest BCUT2D eigenvalue weighted by atomic mass is 32.2. The van der Waals surface area contributed by atoms with Crippen LogP contribution >= 0.6 is 0 Å². The van der Waals surface area contributed by atoms with Crippen LogP contribution in [0.3, 0.4) is 0 Å². The SMILES string of the molecule is CC(C)O[C@@H]1CCC(=O)N1S(=O)(=O)c1ccc([N+](=O)[O-])cc1. The molecule has 120 valence electrons. The molecule has 0 saturated carbocycles. The molecule has 1 fully saturated rings. The van der Waals surface area contributed by atoms with E-state index < -0.39 is 27.1 Å². The zero-order chi connectivity index (χ0) is 16.5. The second kappa shape index (κ2) is 6.01. The van der Waals surface area contributed by atoms with Crippen molar-refractivity contribution in [2.75, 3.05) is 0 Å². The fraction of sp³-hybridized carbons (Fsp3) is 0.462. The van der Waals surface area contributed by atoms with Gasteiger partial charge in [-0.25, -0.2) is 12.7 Å². The molecule has 1 atom stereocenters. The van der Waals surface area contributed by atoms with Gasteiger partial charge in [0.05, 0.1) is 15.9 Å². The molecule has 0 aromatic heterocycles. The van der Waals surface area contributed by atoms with Gasteiger partial charge < -0.3 is 4.74 Å². The lowest BCUT2D eigenvalue weighted by atomic mass is 10.3. The van der Waals surface area contributed by atoms with E-state index in [0.717, 1.165) is 28.6 Å². The van der Waals surface area contributed by atoms with E-state index in [1.807, 2.05) is 0 Å². The quantitative estimate of drug-likeness (QED) is 0.601. The minimum atomic E-state index is -4.09. The number of non-ortho nitro benzene ring substituents is 1. The lowest BCUT2D eigenvalue weighted by Gasteiger charge is -2.25. The molecule has 1 aromatic rings. The molecule has 9 heteroatoms. The van der Waals surface area contributed by atoms with Gasteiger partial charge >= 0.3 is 0 Å². The van der Waals surface area contributed by atoms with Crippen molar-refractivity contribution in [2.24, 2.45) is 0 Å². The van der Waals surface area contributed by atoms with Crippen molar-refractivity contribution in [1.82, 2.24) is 4.31 Å². The van der Waals surface area contributed by atoms with Gasteiger partial charge in [-0.15, -0.1) is 0 Å². The Labute approximate surface area is 127 Å². The van der Waals surface area contributed by atoms with Crippen molar-refractivity contribution in [2.45, 2.75) is 43.9 Å². The number of benzene rings is 1. The van der Waals surface area contributed by atoms with Crippen LogP contribution in [0.5, 0.6) is 0 Å². The number of carbonyl (C=O) groups is 1. The number of sulfonamides is 1. The molecule has 0 bridgehead atoms. The van der Waals surface area contributed by atoms with Crippen molar-refractivity contribution in [3.05, 3.63) is 34.4 Å². The van der Waals surface area contributed by atoms with Crippen LogP contribution in [0.4, 0.5) is 5.69 Å². The third-order valence-corrected chi connectivity index (χ3v) is 4.97. The highest BCUT2D eigenvalue weighted by Gasteiger charge is 2.41. The Kier molecular flexibility index (Phi) is 4.47. The summed E-state index contributed by atoms with van der Waals surface area (Å²) in [4.78, 5) is 21.7. The van der Waals surface area contributed by atoms with Crippen LogP contribution < -0.4 is 0 Å². The number of nitrogens with zero attached hydrogens (tertiary/aromatic N) is 2. The van der Waals surface area contributed by atoms with Gasteiger partial charge in [-0.2, -0.15) is 0 Å². The van der Waals surface area contributed by atoms with E-state index in [2.05, 4.69) is 0 Å². The average Bonchev–Trinajstić information content (AvgIpc) is 2.79. The standard InChI is InChI=1S/C13H16N2O6S/c1-9(2)21-13-8-7-12(16)14(13)22(19,20)11-5-3-10(4-6-11)15(17)18/h3-6,9,13H,7-8H2,1-2H3/t13-/m1/s1. The first kappa shape index (κ1) is 16.4. The van der Waals surface area contributed by atoms with E-state index in [9.17, 15) is 23.3 Å². The number of ether oxygens (including phenoxy) is 1. The lowest BCUT2D eigenvalue weighted by molar-refractivity contribution is -0.384. The number of hydrogen-bond acceptors (Lipinski definition) is 6. The maximum atomic E-state index is 12.6. The van der Waals surface area contributed by atoms with Crippen molar-refractivity contribution < 1.29 is 22.9 Å². The van der Waals surface area contributed by atoms with Crippen LogP contribution in [0.1, 0.15) is 26.7 Å². The number of amides is 1. The molecular formula is C13H16N2O6S. The Morgan fingerprint density at radius 2 is 1.91 bits per heavy atom. The summed E-state index contributed by atoms with van der Waals surface area (Å²) in [6.07, 6.45) is -0.689. The summed E-state index contributed by atoms with van der Waals surface area (Å²) in [5.74, 6) is -0.538. The molecular weight excluding hydrogens is 312 g/mol. The fourth-order valence-electron chi connectivity index (χ4n) is 2.21. The van der Waals surface area contributed by atoms with E-state index in [1.54, 1.807) is 13.8 Å². The molecule has 1 aliphatic heterocycles. The maximum absolute atomic E-state index is 12.6. The second-order valence-corrected chi connectivity index (χ2v) is 6.94. The predicted octanol–water partition coefficient (Wildman–Crippen LogP) is 1.66. The van der Waals surface area contributed by atoms with Crippen LogP contribution in [0, 0.1) is 10.1 Å². The molecule has 22 heavy (non-hydrogen) atoms. The molecule has 1 heterocycles.